The van der Waals surface area contributed by atoms with Gasteiger partial charge in [-0.05, 0) is 89.2 Å². The summed E-state index contributed by atoms with van der Waals surface area (Å²) in [5.74, 6) is 0.590. The maximum absolute atomic E-state index is 2.58. The first-order chi connectivity index (χ1) is 27.3. The van der Waals surface area contributed by atoms with Crippen LogP contribution in [0.2, 0.25) is 0 Å². The van der Waals surface area contributed by atoms with Crippen molar-refractivity contribution in [2.75, 3.05) is 4.90 Å². The molecule has 0 saturated heterocycles. The summed E-state index contributed by atoms with van der Waals surface area (Å²) in [4.78, 5) is 2.58. The standard InChI is InChI=1S/C52H40N2S/c1-3-17-35(18-4-1)38-26-13-19-36-20-14-27-41(50(36)38)39-23-7-10-29-44(39)54(48-33-15-28-42-40-24-9-12-34-49(40)55-52(42)48)47-32-16-31-46-51(47)43-25-8-11-30-45(43)53(46)37-21-5-2-6-22-37/h2,5-16,19-35H,1,3-4,17-18H2. The molecule has 1 aliphatic carbocycles. The molecule has 3 heteroatoms. The van der Waals surface area contributed by atoms with Crippen molar-refractivity contribution in [2.45, 2.75) is 38.0 Å². The molecule has 11 rings (SSSR count). The van der Waals surface area contributed by atoms with Crippen LogP contribution in [-0.4, -0.2) is 4.57 Å². The molecule has 264 valence electrons. The molecule has 2 nitrogen and oxygen atoms in total. The highest BCUT2D eigenvalue weighted by molar-refractivity contribution is 7.26. The molecule has 0 radical (unpaired) electrons. The third-order valence-electron chi connectivity index (χ3n) is 12.0. The van der Waals surface area contributed by atoms with Crippen molar-refractivity contribution in [1.29, 1.82) is 0 Å². The van der Waals surface area contributed by atoms with E-state index in [-0.39, 0.29) is 0 Å². The van der Waals surface area contributed by atoms with Crippen molar-refractivity contribution in [3.8, 4) is 16.8 Å². The van der Waals surface area contributed by atoms with E-state index >= 15 is 0 Å². The number of nitrogens with zero attached hydrogens (tertiary/aromatic N) is 2. The van der Waals surface area contributed by atoms with E-state index in [1.165, 1.54) is 119 Å². The largest absolute Gasteiger partial charge is 0.309 e. The highest BCUT2D eigenvalue weighted by atomic mass is 32.1. The van der Waals surface area contributed by atoms with Crippen molar-refractivity contribution in [3.63, 3.8) is 0 Å². The van der Waals surface area contributed by atoms with E-state index in [4.69, 9.17) is 0 Å². The predicted molar refractivity (Wildman–Crippen MR) is 237 cm³/mol. The molecule has 1 aliphatic rings. The van der Waals surface area contributed by atoms with E-state index < -0.39 is 0 Å². The van der Waals surface area contributed by atoms with Gasteiger partial charge < -0.3 is 9.47 Å². The topological polar surface area (TPSA) is 8.17 Å². The normalized spacial score (nSPS) is 13.7. The van der Waals surface area contributed by atoms with Crippen LogP contribution in [0, 0.1) is 0 Å². The molecule has 0 N–H and O–H groups in total. The number of rotatable bonds is 6. The van der Waals surface area contributed by atoms with Gasteiger partial charge in [0, 0.05) is 37.5 Å². The summed E-state index contributed by atoms with van der Waals surface area (Å²) in [5, 5.41) is 7.82. The van der Waals surface area contributed by atoms with Gasteiger partial charge in [-0.25, -0.2) is 0 Å². The molecular formula is C52H40N2S. The zero-order valence-corrected chi connectivity index (χ0v) is 31.5. The smallest absolute Gasteiger partial charge is 0.0640 e. The van der Waals surface area contributed by atoms with Gasteiger partial charge >= 0.3 is 0 Å². The molecule has 55 heavy (non-hydrogen) atoms. The van der Waals surface area contributed by atoms with Gasteiger partial charge in [-0.3, -0.25) is 0 Å². The fourth-order valence-corrected chi connectivity index (χ4v) is 10.8. The maximum Gasteiger partial charge on any atom is 0.0640 e. The van der Waals surface area contributed by atoms with Crippen LogP contribution in [-0.2, 0) is 0 Å². The van der Waals surface area contributed by atoms with Crippen molar-refractivity contribution in [3.05, 3.63) is 181 Å². The highest BCUT2D eigenvalue weighted by Crippen LogP contribution is 2.51. The summed E-state index contributed by atoms with van der Waals surface area (Å²) in [6, 6.07) is 65.4. The average molecular weight is 725 g/mol. The van der Waals surface area contributed by atoms with Crippen molar-refractivity contribution >= 4 is 81.1 Å². The molecule has 10 aromatic rings. The Balaban J connectivity index is 1.25. The highest BCUT2D eigenvalue weighted by Gasteiger charge is 2.26. The van der Waals surface area contributed by atoms with E-state index in [1.54, 1.807) is 0 Å². The van der Waals surface area contributed by atoms with Crippen LogP contribution in [0.25, 0.3) is 69.6 Å². The molecule has 0 amide bonds. The van der Waals surface area contributed by atoms with Gasteiger partial charge in [0.05, 0.1) is 32.8 Å². The Morgan fingerprint density at radius 1 is 0.455 bits per heavy atom. The van der Waals surface area contributed by atoms with Gasteiger partial charge in [0.25, 0.3) is 0 Å². The van der Waals surface area contributed by atoms with Crippen molar-refractivity contribution in [1.82, 2.24) is 4.57 Å². The summed E-state index contributed by atoms with van der Waals surface area (Å²) in [6.07, 6.45) is 6.51. The van der Waals surface area contributed by atoms with Crippen LogP contribution in [0.5, 0.6) is 0 Å². The molecule has 0 atom stereocenters. The quantitative estimate of drug-likeness (QED) is 0.166. The SMILES string of the molecule is c1ccc(-n2c3ccccc3c3c(N(c4ccccc4-c4cccc5cccc(C6CCCCC6)c45)c4cccc5c4sc4ccccc45)cccc32)cc1. The molecule has 1 saturated carbocycles. The number of para-hydroxylation sites is 3. The first kappa shape index (κ1) is 32.3. The lowest BCUT2D eigenvalue weighted by molar-refractivity contribution is 0.445. The fourth-order valence-electron chi connectivity index (χ4n) is 9.58. The predicted octanol–water partition coefficient (Wildman–Crippen LogP) is 15.5. The Morgan fingerprint density at radius 2 is 1.09 bits per heavy atom. The van der Waals surface area contributed by atoms with Gasteiger partial charge in [0.2, 0.25) is 0 Å². The van der Waals surface area contributed by atoms with Gasteiger partial charge in [0.15, 0.2) is 0 Å². The van der Waals surface area contributed by atoms with E-state index in [0.29, 0.717) is 5.92 Å². The third kappa shape index (κ3) is 5.21. The van der Waals surface area contributed by atoms with E-state index in [0.717, 1.165) is 5.69 Å². The Labute approximate surface area is 325 Å². The molecular weight excluding hydrogens is 685 g/mol. The molecule has 0 aliphatic heterocycles. The molecule has 2 aromatic heterocycles. The Hall–Kier alpha value is -6.16. The minimum absolute atomic E-state index is 0.590. The number of thiophene rings is 1. The molecule has 0 bridgehead atoms. The average Bonchev–Trinajstić information content (AvgIpc) is 3.81. The van der Waals surface area contributed by atoms with E-state index in [1.807, 2.05) is 11.3 Å². The van der Waals surface area contributed by atoms with Gasteiger partial charge in [-0.15, -0.1) is 11.3 Å². The van der Waals surface area contributed by atoms with Crippen LogP contribution in [0.3, 0.4) is 0 Å². The second-order valence-electron chi connectivity index (χ2n) is 15.0. The monoisotopic (exact) mass is 724 g/mol. The van der Waals surface area contributed by atoms with Crippen LogP contribution < -0.4 is 4.90 Å². The second kappa shape index (κ2) is 13.3. The van der Waals surface area contributed by atoms with Gasteiger partial charge in [0.1, 0.15) is 0 Å². The lowest BCUT2D eigenvalue weighted by Gasteiger charge is -2.30. The lowest BCUT2D eigenvalue weighted by Crippen LogP contribution is -2.12. The van der Waals surface area contributed by atoms with Crippen LogP contribution in [0.15, 0.2) is 176 Å². The third-order valence-corrected chi connectivity index (χ3v) is 13.2. The van der Waals surface area contributed by atoms with Gasteiger partial charge in [-0.2, -0.15) is 0 Å². The number of hydrogen-bond donors (Lipinski definition) is 0. The van der Waals surface area contributed by atoms with Crippen LogP contribution in [0.4, 0.5) is 17.1 Å². The minimum atomic E-state index is 0.590. The number of hydrogen-bond acceptors (Lipinski definition) is 2. The zero-order valence-electron chi connectivity index (χ0n) is 30.7. The summed E-state index contributed by atoms with van der Waals surface area (Å²) in [7, 11) is 0. The zero-order chi connectivity index (χ0) is 36.3. The maximum atomic E-state index is 2.58. The first-order valence-corrected chi connectivity index (χ1v) is 20.5. The molecule has 8 aromatic carbocycles. The van der Waals surface area contributed by atoms with Crippen LogP contribution >= 0.6 is 11.3 Å². The van der Waals surface area contributed by atoms with E-state index in [9.17, 15) is 0 Å². The summed E-state index contributed by atoms with van der Waals surface area (Å²) < 4.78 is 5.03. The van der Waals surface area contributed by atoms with Gasteiger partial charge in [-0.1, -0.05) is 147 Å². The number of benzene rings is 8. The fraction of sp³-hybridized carbons (Fsp3) is 0.115. The molecule has 0 unspecified atom stereocenters. The molecule has 0 spiro atoms. The summed E-state index contributed by atoms with van der Waals surface area (Å²) in [5.41, 5.74) is 11.2. The number of anilines is 3. The van der Waals surface area contributed by atoms with Crippen LogP contribution in [0.1, 0.15) is 43.6 Å². The minimum Gasteiger partial charge on any atom is -0.309 e. The molecule has 2 heterocycles. The molecule has 1 fully saturated rings. The number of fused-ring (bicyclic) bond motifs is 7. The summed E-state index contributed by atoms with van der Waals surface area (Å²) >= 11 is 1.90. The Morgan fingerprint density at radius 3 is 1.98 bits per heavy atom. The second-order valence-corrected chi connectivity index (χ2v) is 16.1. The number of aromatic nitrogens is 1. The Bertz CT molecular complexity index is 3030. The lowest BCUT2D eigenvalue weighted by atomic mass is 9.80. The first-order valence-electron chi connectivity index (χ1n) is 19.7. The van der Waals surface area contributed by atoms with Crippen molar-refractivity contribution in [2.24, 2.45) is 0 Å². The Kier molecular flexibility index (Phi) is 7.81. The van der Waals surface area contributed by atoms with E-state index in [2.05, 4.69) is 185 Å². The van der Waals surface area contributed by atoms with Crippen molar-refractivity contribution < 1.29 is 0 Å². The summed E-state index contributed by atoms with van der Waals surface area (Å²) in [6.45, 7) is 0.